The van der Waals surface area contributed by atoms with Gasteiger partial charge in [0.1, 0.15) is 12.6 Å². The number of hydrogen-bond acceptors (Lipinski definition) is 6. The quantitative estimate of drug-likeness (QED) is 0.285. The maximum absolute atomic E-state index is 14.2. The van der Waals surface area contributed by atoms with Crippen LogP contribution in [0.4, 0.5) is 5.69 Å². The zero-order valence-corrected chi connectivity index (χ0v) is 26.5. The third-order valence-electron chi connectivity index (χ3n) is 6.37. The van der Waals surface area contributed by atoms with Gasteiger partial charge in [-0.3, -0.25) is 13.9 Å². The second-order valence-corrected chi connectivity index (χ2v) is 12.7. The summed E-state index contributed by atoms with van der Waals surface area (Å²) in [6.07, 6.45) is 1.20. The van der Waals surface area contributed by atoms with E-state index in [1.54, 1.807) is 24.3 Å². The lowest BCUT2D eigenvalue weighted by atomic mass is 10.0. The highest BCUT2D eigenvalue weighted by Gasteiger charge is 2.33. The molecule has 0 saturated heterocycles. The highest BCUT2D eigenvalue weighted by atomic mass is 35.5. The molecule has 1 atom stereocenters. The Hall–Kier alpha value is -3.47. The Morgan fingerprint density at radius 3 is 2.12 bits per heavy atom. The fourth-order valence-corrected chi connectivity index (χ4v) is 5.53. The Labute approximate surface area is 257 Å². The molecule has 3 aromatic carbocycles. The summed E-state index contributed by atoms with van der Waals surface area (Å²) in [5.41, 5.74) is 1.64. The molecule has 42 heavy (non-hydrogen) atoms. The molecule has 0 bridgehead atoms. The Kier molecular flexibility index (Phi) is 11.5. The summed E-state index contributed by atoms with van der Waals surface area (Å²) in [6, 6.07) is 17.6. The first-order valence-corrected chi connectivity index (χ1v) is 15.7. The molecular formula is C30H35Cl2N3O6S. The number of rotatable bonds is 13. The van der Waals surface area contributed by atoms with Crippen LogP contribution in [0.5, 0.6) is 11.5 Å². The van der Waals surface area contributed by atoms with E-state index in [-0.39, 0.29) is 35.6 Å². The van der Waals surface area contributed by atoms with Crippen LogP contribution >= 0.6 is 23.2 Å². The van der Waals surface area contributed by atoms with Crippen molar-refractivity contribution in [2.24, 2.45) is 0 Å². The monoisotopic (exact) mass is 635 g/mol. The molecule has 0 aliphatic carbocycles. The summed E-state index contributed by atoms with van der Waals surface area (Å²) in [4.78, 5) is 29.1. The molecular weight excluding hydrogens is 601 g/mol. The van der Waals surface area contributed by atoms with Crippen molar-refractivity contribution in [3.63, 3.8) is 0 Å². The predicted molar refractivity (Wildman–Crippen MR) is 166 cm³/mol. The van der Waals surface area contributed by atoms with Crippen LogP contribution in [0.3, 0.4) is 0 Å². The molecule has 2 amide bonds. The molecule has 0 radical (unpaired) electrons. The first kappa shape index (κ1) is 33.0. The number of carbonyl (C=O) groups is 2. The van der Waals surface area contributed by atoms with Gasteiger partial charge in [0.15, 0.2) is 11.5 Å². The van der Waals surface area contributed by atoms with E-state index in [4.69, 9.17) is 32.7 Å². The number of methoxy groups -OCH3 is 2. The lowest BCUT2D eigenvalue weighted by Crippen LogP contribution is -2.54. The first-order valence-electron chi connectivity index (χ1n) is 13.1. The minimum absolute atomic E-state index is 0.0255. The molecule has 12 heteroatoms. The number of sulfonamides is 1. The van der Waals surface area contributed by atoms with Gasteiger partial charge in [-0.25, -0.2) is 8.42 Å². The van der Waals surface area contributed by atoms with Gasteiger partial charge in [0.25, 0.3) is 0 Å². The molecule has 1 N–H and O–H groups in total. The molecule has 3 aromatic rings. The maximum Gasteiger partial charge on any atom is 0.244 e. The van der Waals surface area contributed by atoms with Crippen LogP contribution in [0.1, 0.15) is 25.0 Å². The summed E-state index contributed by atoms with van der Waals surface area (Å²) in [7, 11) is -1.06. The van der Waals surface area contributed by atoms with Crippen molar-refractivity contribution in [2.75, 3.05) is 31.3 Å². The number of nitrogens with zero attached hydrogens (tertiary/aromatic N) is 2. The molecule has 0 fully saturated rings. The molecule has 0 saturated carbocycles. The van der Waals surface area contributed by atoms with E-state index in [1.807, 2.05) is 44.2 Å². The minimum Gasteiger partial charge on any atom is -0.493 e. The van der Waals surface area contributed by atoms with Gasteiger partial charge in [0.2, 0.25) is 21.8 Å². The summed E-state index contributed by atoms with van der Waals surface area (Å²) in [5, 5.41) is 3.53. The lowest BCUT2D eigenvalue weighted by Gasteiger charge is -2.34. The van der Waals surface area contributed by atoms with E-state index < -0.39 is 28.5 Å². The van der Waals surface area contributed by atoms with Crippen molar-refractivity contribution in [2.45, 2.75) is 38.9 Å². The van der Waals surface area contributed by atoms with Gasteiger partial charge >= 0.3 is 0 Å². The zero-order valence-electron chi connectivity index (χ0n) is 24.1. The standard InChI is InChI=1S/C30H35Cl2N3O6S/c1-20(2)33-30(37)26(16-21-9-7-6-8-10-21)34(18-22-11-13-24(31)25(32)15-22)29(36)19-35(42(5,38)39)23-12-14-27(40-3)28(17-23)41-4/h6-15,17,20,26H,16,18-19H2,1-5H3,(H,33,37)/t26-/m0/s1. The fourth-order valence-electron chi connectivity index (χ4n) is 4.36. The van der Waals surface area contributed by atoms with Crippen molar-refractivity contribution in [1.29, 1.82) is 0 Å². The van der Waals surface area contributed by atoms with Crippen molar-refractivity contribution in [3.8, 4) is 11.5 Å². The van der Waals surface area contributed by atoms with Gasteiger partial charge in [-0.1, -0.05) is 59.6 Å². The number of amides is 2. The number of benzene rings is 3. The minimum atomic E-state index is -3.95. The number of carbonyl (C=O) groups excluding carboxylic acids is 2. The van der Waals surface area contributed by atoms with E-state index in [0.717, 1.165) is 16.1 Å². The summed E-state index contributed by atoms with van der Waals surface area (Å²) in [6.45, 7) is 3.05. The van der Waals surface area contributed by atoms with Gasteiger partial charge in [-0.15, -0.1) is 0 Å². The van der Waals surface area contributed by atoms with Gasteiger partial charge in [-0.2, -0.15) is 0 Å². The van der Waals surface area contributed by atoms with Crippen LogP contribution in [0, 0.1) is 0 Å². The average molecular weight is 637 g/mol. The van der Waals surface area contributed by atoms with Crippen molar-refractivity contribution in [3.05, 3.63) is 87.9 Å². The first-order chi connectivity index (χ1) is 19.8. The largest absolute Gasteiger partial charge is 0.493 e. The number of nitrogens with one attached hydrogen (secondary N) is 1. The van der Waals surface area contributed by atoms with E-state index >= 15 is 0 Å². The average Bonchev–Trinajstić information content (AvgIpc) is 2.94. The molecule has 0 spiro atoms. The van der Waals surface area contributed by atoms with Gasteiger partial charge < -0.3 is 19.7 Å². The zero-order chi connectivity index (χ0) is 31.0. The summed E-state index contributed by atoms with van der Waals surface area (Å²) in [5.74, 6) is -0.280. The number of halogens is 2. The summed E-state index contributed by atoms with van der Waals surface area (Å²) < 4.78 is 37.6. The van der Waals surface area contributed by atoms with Crippen LogP contribution < -0.4 is 19.1 Å². The topological polar surface area (TPSA) is 105 Å². The van der Waals surface area contributed by atoms with E-state index in [9.17, 15) is 18.0 Å². The van der Waals surface area contributed by atoms with E-state index in [0.29, 0.717) is 22.1 Å². The molecule has 0 heterocycles. The Bertz CT molecular complexity index is 1500. The predicted octanol–water partition coefficient (Wildman–Crippen LogP) is 4.94. The molecule has 0 unspecified atom stereocenters. The Morgan fingerprint density at radius 2 is 1.55 bits per heavy atom. The second-order valence-electron chi connectivity index (χ2n) is 9.95. The Morgan fingerprint density at radius 1 is 0.881 bits per heavy atom. The van der Waals surface area contributed by atoms with E-state index in [1.165, 1.54) is 31.3 Å². The van der Waals surface area contributed by atoms with Crippen molar-refractivity contribution in [1.82, 2.24) is 10.2 Å². The van der Waals surface area contributed by atoms with Crippen LogP contribution in [0.15, 0.2) is 66.7 Å². The molecule has 0 aliphatic rings. The lowest BCUT2D eigenvalue weighted by molar-refractivity contribution is -0.140. The number of ether oxygens (including phenoxy) is 2. The van der Waals surface area contributed by atoms with Crippen molar-refractivity contribution >= 4 is 50.7 Å². The van der Waals surface area contributed by atoms with E-state index in [2.05, 4.69) is 5.32 Å². The highest BCUT2D eigenvalue weighted by Crippen LogP contribution is 2.32. The normalized spacial score (nSPS) is 12.0. The van der Waals surface area contributed by atoms with Crippen LogP contribution in [0.2, 0.25) is 10.0 Å². The summed E-state index contributed by atoms with van der Waals surface area (Å²) >= 11 is 12.4. The molecule has 0 aliphatic heterocycles. The van der Waals surface area contributed by atoms with Crippen LogP contribution in [-0.2, 0) is 32.6 Å². The highest BCUT2D eigenvalue weighted by molar-refractivity contribution is 7.92. The number of hydrogen-bond donors (Lipinski definition) is 1. The van der Waals surface area contributed by atoms with Gasteiger partial charge in [-0.05, 0) is 49.2 Å². The number of anilines is 1. The molecule has 9 nitrogen and oxygen atoms in total. The SMILES string of the molecule is COc1ccc(N(CC(=O)N(Cc2ccc(Cl)c(Cl)c2)[C@@H](Cc2ccccc2)C(=O)NC(C)C)S(C)(=O)=O)cc1OC. The van der Waals surface area contributed by atoms with Crippen LogP contribution in [-0.4, -0.2) is 64.2 Å². The van der Waals surface area contributed by atoms with Gasteiger partial charge in [0.05, 0.1) is 36.2 Å². The maximum atomic E-state index is 14.2. The third-order valence-corrected chi connectivity index (χ3v) is 8.25. The second kappa shape index (κ2) is 14.6. The van der Waals surface area contributed by atoms with Gasteiger partial charge in [0, 0.05) is 25.1 Å². The van der Waals surface area contributed by atoms with Crippen molar-refractivity contribution < 1.29 is 27.5 Å². The smallest absolute Gasteiger partial charge is 0.244 e. The molecule has 3 rings (SSSR count). The third kappa shape index (κ3) is 8.77. The Balaban J connectivity index is 2.09. The van der Waals surface area contributed by atoms with Crippen LogP contribution in [0.25, 0.3) is 0 Å². The molecule has 0 aromatic heterocycles. The fraction of sp³-hybridized carbons (Fsp3) is 0.333. The molecule has 226 valence electrons.